The van der Waals surface area contributed by atoms with Crippen molar-refractivity contribution in [3.63, 3.8) is 0 Å². The van der Waals surface area contributed by atoms with Crippen molar-refractivity contribution < 1.29 is 19.1 Å². The van der Waals surface area contributed by atoms with Gasteiger partial charge in [0.15, 0.2) is 0 Å². The Kier molecular flexibility index (Phi) is 3.06. The van der Waals surface area contributed by atoms with Crippen molar-refractivity contribution in [2.75, 3.05) is 16.8 Å². The number of carboxylic acids is 1. The third-order valence-electron chi connectivity index (χ3n) is 3.26. The molecular weight excluding hydrogens is 275 g/mol. The van der Waals surface area contributed by atoms with Gasteiger partial charge in [0, 0.05) is 0 Å². The summed E-state index contributed by atoms with van der Waals surface area (Å²) in [6.45, 7) is -0.141. The highest BCUT2D eigenvalue weighted by molar-refractivity contribution is 6.05. The second-order valence-electron chi connectivity index (χ2n) is 4.59. The van der Waals surface area contributed by atoms with Crippen molar-refractivity contribution in [1.82, 2.24) is 0 Å². The number of aromatic carboxylic acids is 1. The van der Waals surface area contributed by atoms with Crippen molar-refractivity contribution in [1.29, 1.82) is 0 Å². The van der Waals surface area contributed by atoms with Gasteiger partial charge in [-0.15, -0.1) is 0 Å². The molecule has 0 spiro atoms. The van der Waals surface area contributed by atoms with Crippen molar-refractivity contribution >= 4 is 28.9 Å². The molecule has 0 bridgehead atoms. The molecule has 1 amide bonds. The monoisotopic (exact) mass is 286 g/mol. The second-order valence-corrected chi connectivity index (χ2v) is 4.59. The zero-order valence-electron chi connectivity index (χ0n) is 10.8. The standard InChI is InChI=1S/C15H11FN2O3/c16-10-5-3-4-9(15(20)21)14(10)18-8-13(19)17-11-6-1-2-7-12(11)18/h1-7H,8H2,(H,17,19)(H,20,21). The van der Waals surface area contributed by atoms with Crippen LogP contribution in [0.1, 0.15) is 10.4 Å². The second kappa shape index (κ2) is 4.90. The van der Waals surface area contributed by atoms with Gasteiger partial charge in [0.1, 0.15) is 12.4 Å². The van der Waals surface area contributed by atoms with Crippen LogP contribution in [0.2, 0.25) is 0 Å². The van der Waals surface area contributed by atoms with Crippen LogP contribution in [0.15, 0.2) is 42.5 Å². The first-order valence-electron chi connectivity index (χ1n) is 6.26. The fourth-order valence-electron chi connectivity index (χ4n) is 2.39. The number of benzene rings is 2. The predicted molar refractivity (Wildman–Crippen MR) is 75.4 cm³/mol. The molecule has 1 aliphatic rings. The summed E-state index contributed by atoms with van der Waals surface area (Å²) in [5.74, 6) is -2.25. The van der Waals surface area contributed by atoms with Crippen LogP contribution < -0.4 is 10.2 Å². The zero-order valence-corrected chi connectivity index (χ0v) is 10.8. The maximum Gasteiger partial charge on any atom is 0.337 e. The minimum atomic E-state index is -1.24. The van der Waals surface area contributed by atoms with Crippen molar-refractivity contribution in [2.24, 2.45) is 0 Å². The molecular formula is C15H11FN2O3. The van der Waals surface area contributed by atoms with E-state index in [9.17, 15) is 19.1 Å². The van der Waals surface area contributed by atoms with E-state index in [0.717, 1.165) is 0 Å². The number of carbonyl (C=O) groups is 2. The van der Waals surface area contributed by atoms with E-state index in [1.54, 1.807) is 24.3 Å². The Balaban J connectivity index is 2.22. The molecule has 6 heteroatoms. The summed E-state index contributed by atoms with van der Waals surface area (Å²) in [5.41, 5.74) is 0.796. The third kappa shape index (κ3) is 2.20. The minimum absolute atomic E-state index is 0.104. The van der Waals surface area contributed by atoms with Crippen molar-refractivity contribution in [3.05, 3.63) is 53.8 Å². The Bertz CT molecular complexity index is 745. The van der Waals surface area contributed by atoms with E-state index in [4.69, 9.17) is 0 Å². The van der Waals surface area contributed by atoms with E-state index in [1.165, 1.54) is 23.1 Å². The van der Waals surface area contributed by atoms with E-state index in [-0.39, 0.29) is 23.7 Å². The van der Waals surface area contributed by atoms with Gasteiger partial charge in [-0.25, -0.2) is 9.18 Å². The maximum atomic E-state index is 14.2. The molecule has 2 N–H and O–H groups in total. The lowest BCUT2D eigenvalue weighted by molar-refractivity contribution is -0.115. The van der Waals surface area contributed by atoms with E-state index in [0.29, 0.717) is 11.4 Å². The molecule has 0 radical (unpaired) electrons. The predicted octanol–water partition coefficient (Wildman–Crippen LogP) is 2.61. The van der Waals surface area contributed by atoms with Crippen LogP contribution in [-0.4, -0.2) is 23.5 Å². The van der Waals surface area contributed by atoms with Gasteiger partial charge in [-0.3, -0.25) is 4.79 Å². The highest BCUT2D eigenvalue weighted by atomic mass is 19.1. The number of hydrogen-bond acceptors (Lipinski definition) is 3. The van der Waals surface area contributed by atoms with Crippen LogP contribution in [0.5, 0.6) is 0 Å². The first-order valence-corrected chi connectivity index (χ1v) is 6.26. The number of fused-ring (bicyclic) bond motifs is 1. The molecule has 0 aliphatic carbocycles. The first-order chi connectivity index (χ1) is 10.1. The lowest BCUT2D eigenvalue weighted by Gasteiger charge is -2.31. The average Bonchev–Trinajstić information content (AvgIpc) is 2.46. The molecule has 3 rings (SSSR count). The van der Waals surface area contributed by atoms with Gasteiger partial charge in [0.2, 0.25) is 5.91 Å². The molecule has 5 nitrogen and oxygen atoms in total. The van der Waals surface area contributed by atoms with Crippen LogP contribution in [0.4, 0.5) is 21.5 Å². The molecule has 0 saturated carbocycles. The van der Waals surface area contributed by atoms with E-state index < -0.39 is 11.8 Å². The largest absolute Gasteiger partial charge is 0.478 e. The van der Waals surface area contributed by atoms with Crippen LogP contribution >= 0.6 is 0 Å². The summed E-state index contributed by atoms with van der Waals surface area (Å²) in [6, 6.07) is 10.7. The van der Waals surface area contributed by atoms with Crippen LogP contribution in [0, 0.1) is 5.82 Å². The molecule has 1 aliphatic heterocycles. The number of halogens is 1. The van der Waals surface area contributed by atoms with Gasteiger partial charge in [-0.1, -0.05) is 18.2 Å². The number of carboxylic acid groups (broad SMARTS) is 1. The Morgan fingerprint density at radius 2 is 1.95 bits per heavy atom. The van der Waals surface area contributed by atoms with Gasteiger partial charge >= 0.3 is 5.97 Å². The van der Waals surface area contributed by atoms with Gasteiger partial charge in [0.05, 0.1) is 22.6 Å². The molecule has 21 heavy (non-hydrogen) atoms. The summed E-state index contributed by atoms with van der Waals surface area (Å²) in [7, 11) is 0. The van der Waals surface area contributed by atoms with E-state index in [2.05, 4.69) is 5.32 Å². The summed E-state index contributed by atoms with van der Waals surface area (Å²) in [6.07, 6.45) is 0. The molecule has 0 fully saturated rings. The van der Waals surface area contributed by atoms with Crippen LogP contribution in [0.25, 0.3) is 0 Å². The number of rotatable bonds is 2. The lowest BCUT2D eigenvalue weighted by Crippen LogP contribution is -2.36. The summed E-state index contributed by atoms with van der Waals surface area (Å²) in [5, 5.41) is 11.9. The molecule has 0 saturated heterocycles. The number of nitrogens with one attached hydrogen (secondary N) is 1. The molecule has 0 aromatic heterocycles. The molecule has 1 heterocycles. The number of carbonyl (C=O) groups excluding carboxylic acids is 1. The van der Waals surface area contributed by atoms with Gasteiger partial charge in [0.25, 0.3) is 0 Å². The molecule has 106 valence electrons. The summed E-state index contributed by atoms with van der Waals surface area (Å²) < 4.78 is 14.2. The first kappa shape index (κ1) is 13.1. The Morgan fingerprint density at radius 1 is 1.19 bits per heavy atom. The maximum absolute atomic E-state index is 14.2. The SMILES string of the molecule is O=C1CN(c2c(F)cccc2C(=O)O)c2ccccc2N1. The number of para-hydroxylation sites is 3. The van der Waals surface area contributed by atoms with Crippen molar-refractivity contribution in [2.45, 2.75) is 0 Å². The van der Waals surface area contributed by atoms with Gasteiger partial charge in [-0.2, -0.15) is 0 Å². The average molecular weight is 286 g/mol. The topological polar surface area (TPSA) is 69.6 Å². The van der Waals surface area contributed by atoms with Crippen molar-refractivity contribution in [3.8, 4) is 0 Å². The molecule has 0 atom stereocenters. The van der Waals surface area contributed by atoms with Crippen LogP contribution in [0.3, 0.4) is 0 Å². The summed E-state index contributed by atoms with van der Waals surface area (Å²) >= 11 is 0. The smallest absolute Gasteiger partial charge is 0.337 e. The Hall–Kier alpha value is -2.89. The molecule has 0 unspecified atom stereocenters. The Labute approximate surface area is 119 Å². The fraction of sp³-hybridized carbons (Fsp3) is 0.0667. The lowest BCUT2D eigenvalue weighted by atomic mass is 10.1. The zero-order chi connectivity index (χ0) is 15.0. The third-order valence-corrected chi connectivity index (χ3v) is 3.26. The van der Waals surface area contributed by atoms with E-state index in [1.807, 2.05) is 0 Å². The quantitative estimate of drug-likeness (QED) is 0.890. The van der Waals surface area contributed by atoms with Crippen LogP contribution in [-0.2, 0) is 4.79 Å². The van der Waals surface area contributed by atoms with E-state index >= 15 is 0 Å². The normalized spacial score (nSPS) is 13.6. The number of hydrogen-bond donors (Lipinski definition) is 2. The number of nitrogens with zero attached hydrogens (tertiary/aromatic N) is 1. The molecule has 2 aromatic rings. The Morgan fingerprint density at radius 3 is 2.71 bits per heavy atom. The van der Waals surface area contributed by atoms with Gasteiger partial charge in [-0.05, 0) is 24.3 Å². The minimum Gasteiger partial charge on any atom is -0.478 e. The summed E-state index contributed by atoms with van der Waals surface area (Å²) in [4.78, 5) is 24.5. The highest BCUT2D eigenvalue weighted by Gasteiger charge is 2.28. The molecule has 2 aromatic carbocycles. The van der Waals surface area contributed by atoms with Gasteiger partial charge < -0.3 is 15.3 Å². The highest BCUT2D eigenvalue weighted by Crippen LogP contribution is 2.37. The number of amides is 1. The fourth-order valence-corrected chi connectivity index (χ4v) is 2.39. The number of anilines is 3.